The Morgan fingerprint density at radius 3 is 2.06 bits per heavy atom. The minimum atomic E-state index is -0.614. The van der Waals surface area contributed by atoms with E-state index in [-0.39, 0.29) is 6.54 Å². The second-order valence-corrected chi connectivity index (χ2v) is 4.54. The van der Waals surface area contributed by atoms with Gasteiger partial charge in [-0.05, 0) is 29.8 Å². The molecule has 2 rings (SSSR count). The zero-order valence-corrected chi connectivity index (χ0v) is 10.7. The van der Waals surface area contributed by atoms with Gasteiger partial charge in [-0.2, -0.15) is 0 Å². The van der Waals surface area contributed by atoms with E-state index in [4.69, 9.17) is 23.2 Å². The first-order valence-corrected chi connectivity index (χ1v) is 5.95. The second kappa shape index (κ2) is 5.55. The van der Waals surface area contributed by atoms with Crippen LogP contribution in [0.25, 0.3) is 0 Å². The van der Waals surface area contributed by atoms with E-state index in [0.29, 0.717) is 21.3 Å². The number of nitrogens with one attached hydrogen (secondary N) is 1. The quantitative estimate of drug-likeness (QED) is 0.848. The lowest BCUT2D eigenvalue weighted by Gasteiger charge is -2.10. The lowest BCUT2D eigenvalue weighted by Crippen LogP contribution is -2.01. The van der Waals surface area contributed by atoms with Crippen molar-refractivity contribution in [2.45, 2.75) is 6.54 Å². The average Bonchev–Trinajstić information content (AvgIpc) is 2.27. The van der Waals surface area contributed by atoms with E-state index in [9.17, 15) is 8.78 Å². The third kappa shape index (κ3) is 3.12. The van der Waals surface area contributed by atoms with Crippen molar-refractivity contribution in [2.75, 3.05) is 5.32 Å². The van der Waals surface area contributed by atoms with Crippen LogP contribution in [0.4, 0.5) is 14.5 Å². The van der Waals surface area contributed by atoms with E-state index in [0.717, 1.165) is 6.07 Å². The van der Waals surface area contributed by atoms with Crippen molar-refractivity contribution in [1.29, 1.82) is 0 Å². The normalized spacial score (nSPS) is 10.4. The standard InChI is InChI=1S/C13H9Cl2F2N/c14-11-2-1-3-12(15)13(11)18-7-8-4-9(16)6-10(17)5-8/h1-6,18H,7H2. The Morgan fingerprint density at radius 1 is 0.944 bits per heavy atom. The molecule has 2 aromatic rings. The number of halogens is 4. The van der Waals surface area contributed by atoms with Crippen LogP contribution in [0, 0.1) is 11.6 Å². The van der Waals surface area contributed by atoms with Crippen LogP contribution in [-0.4, -0.2) is 0 Å². The van der Waals surface area contributed by atoms with E-state index in [1.807, 2.05) is 0 Å². The van der Waals surface area contributed by atoms with Gasteiger partial charge in [0.1, 0.15) is 11.6 Å². The molecule has 0 fully saturated rings. The van der Waals surface area contributed by atoms with Gasteiger partial charge in [-0.1, -0.05) is 29.3 Å². The molecule has 5 heteroatoms. The molecule has 0 radical (unpaired) electrons. The van der Waals surface area contributed by atoms with Crippen molar-refractivity contribution in [3.05, 3.63) is 63.6 Å². The van der Waals surface area contributed by atoms with Crippen molar-refractivity contribution in [1.82, 2.24) is 0 Å². The lowest BCUT2D eigenvalue weighted by atomic mass is 10.2. The number of benzene rings is 2. The van der Waals surface area contributed by atoms with Gasteiger partial charge in [0, 0.05) is 12.6 Å². The summed E-state index contributed by atoms with van der Waals surface area (Å²) in [5, 5.41) is 3.87. The van der Waals surface area contributed by atoms with E-state index in [2.05, 4.69) is 5.32 Å². The summed E-state index contributed by atoms with van der Waals surface area (Å²) in [5.41, 5.74) is 1.02. The van der Waals surface area contributed by atoms with E-state index in [1.165, 1.54) is 12.1 Å². The molecule has 0 amide bonds. The van der Waals surface area contributed by atoms with Crippen molar-refractivity contribution < 1.29 is 8.78 Å². The van der Waals surface area contributed by atoms with Crippen molar-refractivity contribution >= 4 is 28.9 Å². The van der Waals surface area contributed by atoms with Gasteiger partial charge >= 0.3 is 0 Å². The van der Waals surface area contributed by atoms with Gasteiger partial charge in [0.15, 0.2) is 0 Å². The third-order valence-electron chi connectivity index (χ3n) is 2.35. The molecule has 0 heterocycles. The van der Waals surface area contributed by atoms with Crippen LogP contribution in [0.5, 0.6) is 0 Å². The zero-order chi connectivity index (χ0) is 13.1. The Labute approximate surface area is 113 Å². The van der Waals surface area contributed by atoms with Gasteiger partial charge in [0.25, 0.3) is 0 Å². The largest absolute Gasteiger partial charge is 0.379 e. The smallest absolute Gasteiger partial charge is 0.126 e. The fourth-order valence-electron chi connectivity index (χ4n) is 1.57. The van der Waals surface area contributed by atoms with Crippen LogP contribution < -0.4 is 5.32 Å². The molecule has 0 unspecified atom stereocenters. The molecule has 0 aliphatic carbocycles. The highest BCUT2D eigenvalue weighted by atomic mass is 35.5. The number of para-hydroxylation sites is 1. The van der Waals surface area contributed by atoms with Crippen LogP contribution in [0.3, 0.4) is 0 Å². The van der Waals surface area contributed by atoms with Crippen molar-refractivity contribution in [2.24, 2.45) is 0 Å². The Balaban J connectivity index is 2.16. The molecule has 0 aliphatic rings. The Morgan fingerprint density at radius 2 is 1.50 bits per heavy atom. The predicted octanol–water partition coefficient (Wildman–Crippen LogP) is 4.88. The molecule has 0 aromatic heterocycles. The fraction of sp³-hybridized carbons (Fsp3) is 0.0769. The summed E-state index contributed by atoms with van der Waals surface area (Å²) in [6, 6.07) is 8.41. The lowest BCUT2D eigenvalue weighted by molar-refractivity contribution is 0.580. The highest BCUT2D eigenvalue weighted by Crippen LogP contribution is 2.30. The van der Waals surface area contributed by atoms with Crippen LogP contribution in [0.15, 0.2) is 36.4 Å². The first-order valence-electron chi connectivity index (χ1n) is 5.19. The van der Waals surface area contributed by atoms with Gasteiger partial charge in [-0.15, -0.1) is 0 Å². The fourth-order valence-corrected chi connectivity index (χ4v) is 2.10. The van der Waals surface area contributed by atoms with E-state index >= 15 is 0 Å². The van der Waals surface area contributed by atoms with Crippen LogP contribution in [0.2, 0.25) is 10.0 Å². The summed E-state index contributed by atoms with van der Waals surface area (Å²) in [6.07, 6.45) is 0. The molecular weight excluding hydrogens is 279 g/mol. The molecule has 0 aliphatic heterocycles. The van der Waals surface area contributed by atoms with Gasteiger partial charge in [-0.25, -0.2) is 8.78 Å². The molecule has 18 heavy (non-hydrogen) atoms. The molecule has 0 atom stereocenters. The van der Waals surface area contributed by atoms with Gasteiger partial charge in [0.2, 0.25) is 0 Å². The monoisotopic (exact) mass is 287 g/mol. The first-order chi connectivity index (χ1) is 8.56. The van der Waals surface area contributed by atoms with Gasteiger partial charge in [0.05, 0.1) is 15.7 Å². The molecule has 94 valence electrons. The maximum atomic E-state index is 13.0. The first kappa shape index (κ1) is 13.1. The summed E-state index contributed by atoms with van der Waals surface area (Å²) < 4.78 is 26.0. The second-order valence-electron chi connectivity index (χ2n) is 3.73. The summed E-state index contributed by atoms with van der Waals surface area (Å²) >= 11 is 11.9. The number of anilines is 1. The minimum Gasteiger partial charge on any atom is -0.379 e. The molecule has 0 bridgehead atoms. The molecule has 2 aromatic carbocycles. The summed E-state index contributed by atoms with van der Waals surface area (Å²) in [5.74, 6) is -1.23. The van der Waals surface area contributed by atoms with Crippen LogP contribution in [0.1, 0.15) is 5.56 Å². The van der Waals surface area contributed by atoms with E-state index < -0.39 is 11.6 Å². The Bertz CT molecular complexity index is 532. The summed E-state index contributed by atoms with van der Waals surface area (Å²) in [7, 11) is 0. The third-order valence-corrected chi connectivity index (χ3v) is 2.98. The van der Waals surface area contributed by atoms with Gasteiger partial charge < -0.3 is 5.32 Å². The molecule has 1 nitrogen and oxygen atoms in total. The molecule has 0 saturated carbocycles. The minimum absolute atomic E-state index is 0.234. The summed E-state index contributed by atoms with van der Waals surface area (Å²) in [4.78, 5) is 0. The summed E-state index contributed by atoms with van der Waals surface area (Å²) in [6.45, 7) is 0.234. The Kier molecular flexibility index (Phi) is 4.04. The van der Waals surface area contributed by atoms with E-state index in [1.54, 1.807) is 18.2 Å². The average molecular weight is 288 g/mol. The SMILES string of the molecule is Fc1cc(F)cc(CNc2c(Cl)cccc2Cl)c1. The molecule has 0 spiro atoms. The van der Waals surface area contributed by atoms with Crippen molar-refractivity contribution in [3.63, 3.8) is 0 Å². The van der Waals surface area contributed by atoms with Crippen LogP contribution >= 0.6 is 23.2 Å². The maximum Gasteiger partial charge on any atom is 0.126 e. The Hall–Kier alpha value is -1.32. The predicted molar refractivity (Wildman–Crippen MR) is 70.1 cm³/mol. The molecule has 1 N–H and O–H groups in total. The maximum absolute atomic E-state index is 13.0. The number of hydrogen-bond donors (Lipinski definition) is 1. The zero-order valence-electron chi connectivity index (χ0n) is 9.18. The molecule has 0 saturated heterocycles. The number of rotatable bonds is 3. The van der Waals surface area contributed by atoms with Crippen molar-refractivity contribution in [3.8, 4) is 0 Å². The molecular formula is C13H9Cl2F2N. The topological polar surface area (TPSA) is 12.0 Å². The van der Waals surface area contributed by atoms with Crippen LogP contribution in [-0.2, 0) is 6.54 Å². The van der Waals surface area contributed by atoms with Gasteiger partial charge in [-0.3, -0.25) is 0 Å². The number of hydrogen-bond acceptors (Lipinski definition) is 1. The highest BCUT2D eigenvalue weighted by Gasteiger charge is 2.06. The highest BCUT2D eigenvalue weighted by molar-refractivity contribution is 6.39.